The van der Waals surface area contributed by atoms with Crippen molar-refractivity contribution in [2.75, 3.05) is 14.2 Å². The number of aromatic nitrogens is 2. The van der Waals surface area contributed by atoms with Crippen LogP contribution in [0, 0.1) is 0 Å². The van der Waals surface area contributed by atoms with Gasteiger partial charge in [-0.05, 0) is 35.4 Å². The Balaban J connectivity index is 1.83. The summed E-state index contributed by atoms with van der Waals surface area (Å²) in [5.41, 5.74) is 1.59. The number of urea groups is 1. The molecule has 0 radical (unpaired) electrons. The first kappa shape index (κ1) is 22.0. The zero-order valence-electron chi connectivity index (χ0n) is 16.8. The third kappa shape index (κ3) is 5.25. The molecule has 2 aromatic carbocycles. The maximum atomic E-state index is 12.7. The molecule has 2 N–H and O–H groups in total. The van der Waals surface area contributed by atoms with Gasteiger partial charge < -0.3 is 24.7 Å². The van der Waals surface area contributed by atoms with Crippen molar-refractivity contribution < 1.29 is 14.3 Å². The van der Waals surface area contributed by atoms with Gasteiger partial charge >= 0.3 is 6.03 Å². The average Bonchev–Trinajstić information content (AvgIpc) is 3.16. The van der Waals surface area contributed by atoms with Crippen LogP contribution in [0.4, 0.5) is 4.79 Å². The largest absolute Gasteiger partial charge is 0.497 e. The highest BCUT2D eigenvalue weighted by molar-refractivity contribution is 9.10. The number of benzene rings is 2. The summed E-state index contributed by atoms with van der Waals surface area (Å²) >= 11 is 9.61. The van der Waals surface area contributed by atoms with Crippen LogP contribution in [0.3, 0.4) is 0 Å². The summed E-state index contributed by atoms with van der Waals surface area (Å²) in [7, 11) is 5.03. The van der Waals surface area contributed by atoms with Crippen molar-refractivity contribution in [2.24, 2.45) is 7.05 Å². The summed E-state index contributed by atoms with van der Waals surface area (Å²) < 4.78 is 13.5. The summed E-state index contributed by atoms with van der Waals surface area (Å²) in [6.07, 6.45) is 3.50. The number of imidazole rings is 1. The number of nitrogens with one attached hydrogen (secondary N) is 2. The highest BCUT2D eigenvalue weighted by atomic mass is 79.9. The Labute approximate surface area is 188 Å². The summed E-state index contributed by atoms with van der Waals surface area (Å²) in [6.45, 7) is 0.284. The summed E-state index contributed by atoms with van der Waals surface area (Å²) in [4.78, 5) is 17.1. The monoisotopic (exact) mass is 492 g/mol. The van der Waals surface area contributed by atoms with E-state index in [1.54, 1.807) is 32.5 Å². The number of hydrogen-bond acceptors (Lipinski definition) is 4. The van der Waals surface area contributed by atoms with Gasteiger partial charge in [0.25, 0.3) is 0 Å². The van der Waals surface area contributed by atoms with Gasteiger partial charge in [-0.15, -0.1) is 0 Å². The molecule has 3 rings (SSSR count). The van der Waals surface area contributed by atoms with Crippen LogP contribution in [-0.4, -0.2) is 29.8 Å². The van der Waals surface area contributed by atoms with E-state index in [1.807, 2.05) is 42.1 Å². The molecule has 2 amide bonds. The van der Waals surface area contributed by atoms with E-state index in [9.17, 15) is 4.79 Å². The van der Waals surface area contributed by atoms with Gasteiger partial charge in [0.1, 0.15) is 23.4 Å². The highest BCUT2D eigenvalue weighted by Gasteiger charge is 2.22. The number of hydrogen-bond donors (Lipinski definition) is 2. The Morgan fingerprint density at radius 1 is 1.20 bits per heavy atom. The Morgan fingerprint density at radius 2 is 1.90 bits per heavy atom. The molecule has 1 atom stereocenters. The minimum Gasteiger partial charge on any atom is -0.497 e. The minimum atomic E-state index is -0.519. The van der Waals surface area contributed by atoms with Gasteiger partial charge in [0, 0.05) is 41.5 Å². The molecule has 0 aliphatic rings. The van der Waals surface area contributed by atoms with Crippen LogP contribution in [-0.2, 0) is 13.6 Å². The van der Waals surface area contributed by atoms with E-state index in [-0.39, 0.29) is 12.6 Å². The first-order valence-electron chi connectivity index (χ1n) is 9.09. The van der Waals surface area contributed by atoms with Crippen LogP contribution in [0.2, 0.25) is 5.02 Å². The van der Waals surface area contributed by atoms with Crippen LogP contribution >= 0.6 is 27.5 Å². The topological polar surface area (TPSA) is 77.4 Å². The smallest absolute Gasteiger partial charge is 0.315 e. The van der Waals surface area contributed by atoms with Crippen LogP contribution in [0.15, 0.2) is 53.3 Å². The standard InChI is InChI=1S/C21H22BrClN4O3/c1-27-7-6-24-20(27)19(14-8-16(29-2)11-17(9-14)30-3)26-21(28)25-12-13-4-5-15(22)10-18(13)23/h4-11,19H,12H2,1-3H3,(H2,25,26,28). The Bertz CT molecular complexity index is 1020. The fourth-order valence-corrected chi connectivity index (χ4v) is 3.71. The lowest BCUT2D eigenvalue weighted by Gasteiger charge is -2.21. The van der Waals surface area contributed by atoms with Crippen molar-refractivity contribution in [3.05, 3.63) is 75.2 Å². The molecule has 1 unspecified atom stereocenters. The van der Waals surface area contributed by atoms with E-state index in [0.717, 1.165) is 15.6 Å². The number of aryl methyl sites for hydroxylation is 1. The molecule has 0 aliphatic heterocycles. The van der Waals surface area contributed by atoms with Crippen molar-refractivity contribution in [3.8, 4) is 11.5 Å². The highest BCUT2D eigenvalue weighted by Crippen LogP contribution is 2.29. The quantitative estimate of drug-likeness (QED) is 0.510. The SMILES string of the molecule is COc1cc(OC)cc(C(NC(=O)NCc2ccc(Br)cc2Cl)c2nccn2C)c1. The van der Waals surface area contributed by atoms with Gasteiger partial charge in [0.15, 0.2) is 0 Å². The van der Waals surface area contributed by atoms with Gasteiger partial charge in [0.2, 0.25) is 0 Å². The molecule has 158 valence electrons. The first-order valence-corrected chi connectivity index (χ1v) is 10.3. The second-order valence-corrected chi connectivity index (χ2v) is 7.86. The molecule has 1 heterocycles. The van der Waals surface area contributed by atoms with E-state index >= 15 is 0 Å². The molecular formula is C21H22BrClN4O3. The van der Waals surface area contributed by atoms with E-state index in [0.29, 0.717) is 22.3 Å². The van der Waals surface area contributed by atoms with Crippen LogP contribution in [0.5, 0.6) is 11.5 Å². The van der Waals surface area contributed by atoms with Gasteiger partial charge in [0.05, 0.1) is 14.2 Å². The fraction of sp³-hybridized carbons (Fsp3) is 0.238. The number of amides is 2. The molecular weight excluding hydrogens is 472 g/mol. The average molecular weight is 494 g/mol. The zero-order chi connectivity index (χ0) is 21.7. The molecule has 0 aliphatic carbocycles. The summed E-state index contributed by atoms with van der Waals surface area (Å²) in [5.74, 6) is 1.90. The Hall–Kier alpha value is -2.71. The summed E-state index contributed by atoms with van der Waals surface area (Å²) in [6, 6.07) is 10.1. The van der Waals surface area contributed by atoms with Crippen molar-refractivity contribution in [1.29, 1.82) is 0 Å². The number of carbonyl (C=O) groups excluding carboxylic acids is 1. The van der Waals surface area contributed by atoms with Crippen LogP contribution < -0.4 is 20.1 Å². The first-order chi connectivity index (χ1) is 14.4. The maximum Gasteiger partial charge on any atom is 0.315 e. The van der Waals surface area contributed by atoms with E-state index in [2.05, 4.69) is 31.5 Å². The lowest BCUT2D eigenvalue weighted by atomic mass is 10.1. The molecule has 0 spiro atoms. The number of methoxy groups -OCH3 is 2. The van der Waals surface area contributed by atoms with Crippen molar-refractivity contribution in [2.45, 2.75) is 12.6 Å². The number of rotatable bonds is 7. The number of nitrogens with zero attached hydrogens (tertiary/aromatic N) is 2. The number of halogens is 2. The third-order valence-electron chi connectivity index (χ3n) is 4.55. The molecule has 0 fully saturated rings. The third-order valence-corrected chi connectivity index (χ3v) is 5.40. The molecule has 0 saturated heterocycles. The Kier molecular flexibility index (Phi) is 7.23. The van der Waals surface area contributed by atoms with Gasteiger partial charge in [-0.1, -0.05) is 33.6 Å². The lowest BCUT2D eigenvalue weighted by molar-refractivity contribution is 0.237. The molecule has 0 saturated carbocycles. The van der Waals surface area contributed by atoms with E-state index in [1.165, 1.54) is 0 Å². The predicted octanol–water partition coefficient (Wildman–Crippen LogP) is 4.44. The predicted molar refractivity (Wildman–Crippen MR) is 119 cm³/mol. The minimum absolute atomic E-state index is 0.284. The molecule has 3 aromatic rings. The fourth-order valence-electron chi connectivity index (χ4n) is 2.97. The van der Waals surface area contributed by atoms with Gasteiger partial charge in [-0.2, -0.15) is 0 Å². The maximum absolute atomic E-state index is 12.7. The van der Waals surface area contributed by atoms with E-state index < -0.39 is 6.04 Å². The molecule has 0 bridgehead atoms. The normalized spacial score (nSPS) is 11.6. The van der Waals surface area contributed by atoms with Gasteiger partial charge in [-0.25, -0.2) is 9.78 Å². The Morgan fingerprint density at radius 3 is 2.47 bits per heavy atom. The van der Waals surface area contributed by atoms with Crippen LogP contribution in [0.25, 0.3) is 0 Å². The molecule has 9 heteroatoms. The van der Waals surface area contributed by atoms with E-state index in [4.69, 9.17) is 21.1 Å². The van der Waals surface area contributed by atoms with Crippen LogP contribution in [0.1, 0.15) is 23.0 Å². The zero-order valence-corrected chi connectivity index (χ0v) is 19.1. The van der Waals surface area contributed by atoms with Gasteiger partial charge in [-0.3, -0.25) is 0 Å². The van der Waals surface area contributed by atoms with Crippen molar-refractivity contribution in [1.82, 2.24) is 20.2 Å². The van der Waals surface area contributed by atoms with Crippen molar-refractivity contribution >= 4 is 33.6 Å². The molecule has 30 heavy (non-hydrogen) atoms. The summed E-state index contributed by atoms with van der Waals surface area (Å²) in [5, 5.41) is 6.40. The van der Waals surface area contributed by atoms with Crippen molar-refractivity contribution in [3.63, 3.8) is 0 Å². The lowest BCUT2D eigenvalue weighted by Crippen LogP contribution is -2.39. The number of carbonyl (C=O) groups is 1. The second kappa shape index (κ2) is 9.86. The molecule has 7 nitrogen and oxygen atoms in total. The molecule has 1 aromatic heterocycles. The second-order valence-electron chi connectivity index (χ2n) is 6.54. The number of ether oxygens (including phenoxy) is 2.